The second kappa shape index (κ2) is 6.35. The predicted octanol–water partition coefficient (Wildman–Crippen LogP) is 2.93. The molecule has 100 valence electrons. The van der Waals surface area contributed by atoms with Crippen LogP contribution in [0, 0.1) is 5.92 Å². The first-order valence-corrected chi connectivity index (χ1v) is 7.11. The first kappa shape index (κ1) is 13.6. The topological polar surface area (TPSA) is 32.3 Å². The van der Waals surface area contributed by atoms with Crippen LogP contribution in [0.5, 0.6) is 0 Å². The lowest BCUT2D eigenvalue weighted by atomic mass is 9.76. The Morgan fingerprint density at radius 2 is 1.94 bits per heavy atom. The van der Waals surface area contributed by atoms with E-state index in [9.17, 15) is 0 Å². The normalized spacial score (nSPS) is 30.1. The van der Waals surface area contributed by atoms with Gasteiger partial charge in [0, 0.05) is 12.1 Å². The zero-order valence-corrected chi connectivity index (χ0v) is 11.5. The van der Waals surface area contributed by atoms with Gasteiger partial charge >= 0.3 is 0 Å². The Morgan fingerprint density at radius 3 is 2.61 bits per heavy atom. The first-order chi connectivity index (χ1) is 8.69. The van der Waals surface area contributed by atoms with Crippen LogP contribution in [-0.4, -0.2) is 23.8 Å². The molecule has 2 N–H and O–H groups in total. The second-order valence-electron chi connectivity index (χ2n) is 5.87. The smallest absolute Gasteiger partial charge is 0.0582 e. The molecular formula is C16H25NO. The molecule has 0 aromatic heterocycles. The van der Waals surface area contributed by atoms with Crippen molar-refractivity contribution in [3.63, 3.8) is 0 Å². The molecule has 0 radical (unpaired) electrons. The highest BCUT2D eigenvalue weighted by Gasteiger charge is 2.27. The highest BCUT2D eigenvalue weighted by Crippen LogP contribution is 2.36. The summed E-state index contributed by atoms with van der Waals surface area (Å²) in [6.07, 6.45) is 3.71. The fourth-order valence-corrected chi connectivity index (χ4v) is 3.19. The van der Waals surface area contributed by atoms with Crippen molar-refractivity contribution in [1.29, 1.82) is 0 Å². The van der Waals surface area contributed by atoms with Crippen molar-refractivity contribution in [2.45, 2.75) is 51.1 Å². The van der Waals surface area contributed by atoms with Crippen LogP contribution in [0.2, 0.25) is 0 Å². The number of benzene rings is 1. The van der Waals surface area contributed by atoms with Gasteiger partial charge in [0.2, 0.25) is 0 Å². The summed E-state index contributed by atoms with van der Waals surface area (Å²) in [5.74, 6) is 1.42. The quantitative estimate of drug-likeness (QED) is 0.857. The van der Waals surface area contributed by atoms with E-state index in [0.717, 1.165) is 5.92 Å². The molecule has 2 rings (SSSR count). The number of rotatable bonds is 4. The Labute approximate surface area is 110 Å². The van der Waals surface area contributed by atoms with E-state index < -0.39 is 0 Å². The van der Waals surface area contributed by atoms with Gasteiger partial charge in [-0.1, -0.05) is 37.3 Å². The molecule has 0 spiro atoms. The molecule has 0 bridgehead atoms. The van der Waals surface area contributed by atoms with Gasteiger partial charge in [0.1, 0.15) is 0 Å². The van der Waals surface area contributed by atoms with Crippen molar-refractivity contribution in [2.24, 2.45) is 5.92 Å². The summed E-state index contributed by atoms with van der Waals surface area (Å²) < 4.78 is 0. The molecule has 2 nitrogen and oxygen atoms in total. The van der Waals surface area contributed by atoms with Crippen LogP contribution in [0.25, 0.3) is 0 Å². The number of nitrogens with one attached hydrogen (secondary N) is 1. The third kappa shape index (κ3) is 3.56. The SMILES string of the molecule is CC1CC(N[C@H](C)CO)CC(c2ccccc2)C1. The maximum Gasteiger partial charge on any atom is 0.0582 e. The summed E-state index contributed by atoms with van der Waals surface area (Å²) in [4.78, 5) is 0. The Morgan fingerprint density at radius 1 is 1.22 bits per heavy atom. The Balaban J connectivity index is 2.00. The first-order valence-electron chi connectivity index (χ1n) is 7.11. The van der Waals surface area contributed by atoms with E-state index in [2.05, 4.69) is 49.5 Å². The molecule has 18 heavy (non-hydrogen) atoms. The van der Waals surface area contributed by atoms with E-state index in [1.54, 1.807) is 0 Å². The highest BCUT2D eigenvalue weighted by atomic mass is 16.3. The Bertz CT molecular complexity index is 351. The lowest BCUT2D eigenvalue weighted by molar-refractivity contribution is 0.206. The van der Waals surface area contributed by atoms with Gasteiger partial charge in [-0.15, -0.1) is 0 Å². The maximum absolute atomic E-state index is 9.15. The largest absolute Gasteiger partial charge is 0.395 e. The summed E-state index contributed by atoms with van der Waals surface area (Å²) in [5.41, 5.74) is 1.47. The molecule has 0 heterocycles. The summed E-state index contributed by atoms with van der Waals surface area (Å²) >= 11 is 0. The molecule has 4 atom stereocenters. The van der Waals surface area contributed by atoms with E-state index in [4.69, 9.17) is 5.11 Å². The molecule has 1 aromatic rings. The van der Waals surface area contributed by atoms with Crippen LogP contribution in [-0.2, 0) is 0 Å². The van der Waals surface area contributed by atoms with E-state index in [-0.39, 0.29) is 12.6 Å². The minimum absolute atomic E-state index is 0.205. The molecule has 2 heteroatoms. The molecule has 1 saturated carbocycles. The third-order valence-corrected chi connectivity index (χ3v) is 4.01. The molecule has 0 aliphatic heterocycles. The van der Waals surface area contributed by atoms with E-state index in [1.807, 2.05) is 0 Å². The van der Waals surface area contributed by atoms with Gasteiger partial charge in [-0.2, -0.15) is 0 Å². The highest BCUT2D eigenvalue weighted by molar-refractivity contribution is 5.20. The van der Waals surface area contributed by atoms with E-state index in [1.165, 1.54) is 24.8 Å². The monoisotopic (exact) mass is 247 g/mol. The van der Waals surface area contributed by atoms with Gasteiger partial charge in [0.25, 0.3) is 0 Å². The Hall–Kier alpha value is -0.860. The Kier molecular flexibility index (Phi) is 4.79. The predicted molar refractivity (Wildman–Crippen MR) is 75.7 cm³/mol. The van der Waals surface area contributed by atoms with Crippen molar-refractivity contribution in [3.05, 3.63) is 35.9 Å². The summed E-state index contributed by atoms with van der Waals surface area (Å²) in [5, 5.41) is 12.7. The molecule has 0 saturated heterocycles. The molecule has 1 aliphatic rings. The fraction of sp³-hybridized carbons (Fsp3) is 0.625. The lowest BCUT2D eigenvalue weighted by Crippen LogP contribution is -2.42. The number of aliphatic hydroxyl groups excluding tert-OH is 1. The van der Waals surface area contributed by atoms with Crippen LogP contribution in [0.15, 0.2) is 30.3 Å². The van der Waals surface area contributed by atoms with Gasteiger partial charge in [-0.3, -0.25) is 0 Å². The van der Waals surface area contributed by atoms with Gasteiger partial charge in [-0.25, -0.2) is 0 Å². The molecule has 0 amide bonds. The average Bonchev–Trinajstić information content (AvgIpc) is 2.39. The molecule has 1 fully saturated rings. The van der Waals surface area contributed by atoms with Crippen molar-refractivity contribution in [2.75, 3.05) is 6.61 Å². The third-order valence-electron chi connectivity index (χ3n) is 4.01. The number of hydrogen-bond acceptors (Lipinski definition) is 2. The van der Waals surface area contributed by atoms with Gasteiger partial charge in [0.15, 0.2) is 0 Å². The minimum Gasteiger partial charge on any atom is -0.395 e. The minimum atomic E-state index is 0.205. The van der Waals surface area contributed by atoms with Crippen molar-refractivity contribution < 1.29 is 5.11 Å². The van der Waals surface area contributed by atoms with Crippen LogP contribution < -0.4 is 5.32 Å². The summed E-state index contributed by atoms with van der Waals surface area (Å²) in [6, 6.07) is 11.6. The zero-order chi connectivity index (χ0) is 13.0. The van der Waals surface area contributed by atoms with Crippen molar-refractivity contribution >= 4 is 0 Å². The molecule has 3 unspecified atom stereocenters. The van der Waals surface area contributed by atoms with Crippen LogP contribution in [0.1, 0.15) is 44.6 Å². The van der Waals surface area contributed by atoms with Crippen molar-refractivity contribution in [3.8, 4) is 0 Å². The lowest BCUT2D eigenvalue weighted by Gasteiger charge is -2.35. The van der Waals surface area contributed by atoms with Crippen molar-refractivity contribution in [1.82, 2.24) is 5.32 Å². The average molecular weight is 247 g/mol. The molecule has 1 aliphatic carbocycles. The van der Waals surface area contributed by atoms with Crippen LogP contribution in [0.3, 0.4) is 0 Å². The standard InChI is InChI=1S/C16H25NO/c1-12-8-15(14-6-4-3-5-7-14)10-16(9-12)17-13(2)11-18/h3-7,12-13,15-18H,8-11H2,1-2H3/t12?,13-,15?,16?/m1/s1. The zero-order valence-electron chi connectivity index (χ0n) is 11.5. The number of hydrogen-bond donors (Lipinski definition) is 2. The summed E-state index contributed by atoms with van der Waals surface area (Å²) in [6.45, 7) is 4.62. The van der Waals surface area contributed by atoms with Gasteiger partial charge in [0.05, 0.1) is 6.61 Å². The summed E-state index contributed by atoms with van der Waals surface area (Å²) in [7, 11) is 0. The van der Waals surface area contributed by atoms with Gasteiger partial charge < -0.3 is 10.4 Å². The van der Waals surface area contributed by atoms with E-state index >= 15 is 0 Å². The van der Waals surface area contributed by atoms with Gasteiger partial charge in [-0.05, 0) is 43.6 Å². The van der Waals surface area contributed by atoms with E-state index in [0.29, 0.717) is 12.0 Å². The maximum atomic E-state index is 9.15. The second-order valence-corrected chi connectivity index (χ2v) is 5.87. The van der Waals surface area contributed by atoms with Crippen LogP contribution in [0.4, 0.5) is 0 Å². The molecular weight excluding hydrogens is 222 g/mol. The molecule has 1 aromatic carbocycles. The number of aliphatic hydroxyl groups is 1. The fourth-order valence-electron chi connectivity index (χ4n) is 3.19. The van der Waals surface area contributed by atoms with Crippen LogP contribution >= 0.6 is 0 Å².